The molecule has 1 N–H and O–H groups in total. The van der Waals surface area contributed by atoms with Gasteiger partial charge in [-0.05, 0) is 54.7 Å². The van der Waals surface area contributed by atoms with E-state index in [1.807, 2.05) is 87.5 Å². The van der Waals surface area contributed by atoms with Crippen molar-refractivity contribution in [2.75, 3.05) is 17.4 Å². The second kappa shape index (κ2) is 15.3. The summed E-state index contributed by atoms with van der Waals surface area (Å²) in [6, 6.07) is 31.9. The van der Waals surface area contributed by atoms with Crippen LogP contribution in [0.4, 0.5) is 5.69 Å². The molecule has 8 heteroatoms. The van der Waals surface area contributed by atoms with Gasteiger partial charge in [-0.2, -0.15) is 0 Å². The van der Waals surface area contributed by atoms with Gasteiger partial charge in [0.15, 0.2) is 0 Å². The van der Waals surface area contributed by atoms with Gasteiger partial charge in [-0.25, -0.2) is 8.42 Å². The Morgan fingerprint density at radius 1 is 0.795 bits per heavy atom. The summed E-state index contributed by atoms with van der Waals surface area (Å²) in [4.78, 5) is 29.9. The van der Waals surface area contributed by atoms with Crippen LogP contribution in [0.3, 0.4) is 0 Å². The highest BCUT2D eigenvalue weighted by Crippen LogP contribution is 2.28. The quantitative estimate of drug-likeness (QED) is 0.192. The van der Waals surface area contributed by atoms with Crippen molar-refractivity contribution in [3.63, 3.8) is 0 Å². The van der Waals surface area contributed by atoms with Gasteiger partial charge in [-0.1, -0.05) is 110 Å². The number of nitrogens with one attached hydrogen (secondary N) is 1. The van der Waals surface area contributed by atoms with Gasteiger partial charge in [0.1, 0.15) is 12.6 Å². The molecule has 44 heavy (non-hydrogen) atoms. The highest BCUT2D eigenvalue weighted by atomic mass is 32.2. The minimum Gasteiger partial charge on any atom is -0.354 e. The van der Waals surface area contributed by atoms with Crippen molar-refractivity contribution in [3.8, 4) is 0 Å². The van der Waals surface area contributed by atoms with Crippen LogP contribution in [-0.4, -0.2) is 44.3 Å². The van der Waals surface area contributed by atoms with Crippen LogP contribution in [0.15, 0.2) is 114 Å². The number of amides is 2. The summed E-state index contributed by atoms with van der Waals surface area (Å²) in [7, 11) is -4.13. The highest BCUT2D eigenvalue weighted by Gasteiger charge is 2.35. The van der Waals surface area contributed by atoms with Crippen LogP contribution in [-0.2, 0) is 39.0 Å². The third-order valence-corrected chi connectivity index (χ3v) is 9.28. The van der Waals surface area contributed by atoms with E-state index in [2.05, 4.69) is 5.32 Å². The fourth-order valence-electron chi connectivity index (χ4n) is 5.21. The molecular formula is C36H41N3O4S. The maximum absolute atomic E-state index is 14.5. The Kier molecular flexibility index (Phi) is 11.3. The number of nitrogens with zero attached hydrogens (tertiary/aromatic N) is 2. The summed E-state index contributed by atoms with van der Waals surface area (Å²) in [5.41, 5.74) is 4.02. The first-order valence-electron chi connectivity index (χ1n) is 15.1. The molecule has 0 aliphatic carbocycles. The van der Waals surface area contributed by atoms with Crippen molar-refractivity contribution in [1.29, 1.82) is 0 Å². The molecule has 0 bridgehead atoms. The summed E-state index contributed by atoms with van der Waals surface area (Å²) < 4.78 is 29.5. The van der Waals surface area contributed by atoms with Gasteiger partial charge in [0.05, 0.1) is 10.6 Å². The molecule has 4 aromatic carbocycles. The second-order valence-corrected chi connectivity index (χ2v) is 12.7. The first-order valence-corrected chi connectivity index (χ1v) is 16.5. The minimum atomic E-state index is -4.13. The lowest BCUT2D eigenvalue weighted by Crippen LogP contribution is -2.53. The molecule has 0 aliphatic heterocycles. The van der Waals surface area contributed by atoms with E-state index < -0.39 is 28.5 Å². The SMILES string of the molecule is CCCNC(=O)C(Cc1ccccc1)N(Cc1cccc(C)c1)C(=O)CN(c1ccccc1CC)S(=O)(=O)c1ccccc1. The molecule has 1 atom stereocenters. The molecule has 4 aromatic rings. The van der Waals surface area contributed by atoms with Gasteiger partial charge in [-0.3, -0.25) is 13.9 Å². The third kappa shape index (κ3) is 8.14. The number of carbonyl (C=O) groups excluding carboxylic acids is 2. The second-order valence-electron chi connectivity index (χ2n) is 10.8. The molecule has 0 fully saturated rings. The fraction of sp³-hybridized carbons (Fsp3) is 0.278. The maximum atomic E-state index is 14.5. The molecular weight excluding hydrogens is 570 g/mol. The van der Waals surface area contributed by atoms with E-state index in [-0.39, 0.29) is 23.8 Å². The molecule has 4 rings (SSSR count). The first kappa shape index (κ1) is 32.5. The zero-order chi connectivity index (χ0) is 31.5. The Morgan fingerprint density at radius 2 is 1.43 bits per heavy atom. The molecule has 0 spiro atoms. The predicted molar refractivity (Wildman–Crippen MR) is 176 cm³/mol. The highest BCUT2D eigenvalue weighted by molar-refractivity contribution is 7.92. The van der Waals surface area contributed by atoms with E-state index in [1.165, 1.54) is 21.3 Å². The largest absolute Gasteiger partial charge is 0.354 e. The summed E-state index contributed by atoms with van der Waals surface area (Å²) in [5.74, 6) is -0.743. The summed E-state index contributed by atoms with van der Waals surface area (Å²) in [5, 5.41) is 2.98. The zero-order valence-corrected chi connectivity index (χ0v) is 26.5. The number of sulfonamides is 1. The minimum absolute atomic E-state index is 0.0884. The van der Waals surface area contributed by atoms with Gasteiger partial charge in [0.25, 0.3) is 10.0 Å². The lowest BCUT2D eigenvalue weighted by atomic mass is 10.0. The number of aryl methyl sites for hydroxylation is 2. The van der Waals surface area contributed by atoms with Crippen molar-refractivity contribution < 1.29 is 18.0 Å². The molecule has 2 amide bonds. The summed E-state index contributed by atoms with van der Waals surface area (Å²) in [6.45, 7) is 6.04. The lowest BCUT2D eigenvalue weighted by Gasteiger charge is -2.34. The number of rotatable bonds is 14. The molecule has 0 saturated heterocycles. The molecule has 0 aliphatic rings. The smallest absolute Gasteiger partial charge is 0.264 e. The Balaban J connectivity index is 1.82. The van der Waals surface area contributed by atoms with Gasteiger partial charge in [0, 0.05) is 19.5 Å². The average molecular weight is 612 g/mol. The fourth-order valence-corrected chi connectivity index (χ4v) is 6.69. The van der Waals surface area contributed by atoms with Crippen LogP contribution >= 0.6 is 0 Å². The molecule has 1 unspecified atom stereocenters. The van der Waals surface area contributed by atoms with Crippen LogP contribution in [0, 0.1) is 6.92 Å². The number of carbonyl (C=O) groups is 2. The summed E-state index contributed by atoms with van der Waals surface area (Å²) >= 11 is 0. The van der Waals surface area contributed by atoms with Crippen molar-refractivity contribution in [3.05, 3.63) is 131 Å². The number of hydrogen-bond acceptors (Lipinski definition) is 4. The van der Waals surface area contributed by atoms with Crippen molar-refractivity contribution in [2.24, 2.45) is 0 Å². The Hall–Kier alpha value is -4.43. The summed E-state index contributed by atoms with van der Waals surface area (Å²) in [6.07, 6.45) is 1.60. The van der Waals surface area contributed by atoms with E-state index in [1.54, 1.807) is 30.3 Å². The predicted octanol–water partition coefficient (Wildman–Crippen LogP) is 5.92. The molecule has 0 aromatic heterocycles. The van der Waals surface area contributed by atoms with Crippen LogP contribution in [0.25, 0.3) is 0 Å². The molecule has 0 heterocycles. The van der Waals surface area contributed by atoms with Gasteiger partial charge < -0.3 is 10.2 Å². The van der Waals surface area contributed by atoms with E-state index >= 15 is 0 Å². The Bertz CT molecular complexity index is 1640. The Morgan fingerprint density at radius 3 is 2.09 bits per heavy atom. The maximum Gasteiger partial charge on any atom is 0.264 e. The van der Waals surface area contributed by atoms with E-state index in [9.17, 15) is 18.0 Å². The topological polar surface area (TPSA) is 86.8 Å². The normalized spacial score (nSPS) is 11.9. The zero-order valence-electron chi connectivity index (χ0n) is 25.6. The van der Waals surface area contributed by atoms with Crippen molar-refractivity contribution in [2.45, 2.75) is 57.5 Å². The number of benzene rings is 4. The molecule has 0 radical (unpaired) electrons. The van der Waals surface area contributed by atoms with Gasteiger partial charge >= 0.3 is 0 Å². The van der Waals surface area contributed by atoms with Gasteiger partial charge in [-0.15, -0.1) is 0 Å². The average Bonchev–Trinajstić information content (AvgIpc) is 3.04. The monoisotopic (exact) mass is 611 g/mol. The number of anilines is 1. The lowest BCUT2D eigenvalue weighted by molar-refractivity contribution is -0.140. The molecule has 0 saturated carbocycles. The van der Waals surface area contributed by atoms with Crippen molar-refractivity contribution in [1.82, 2.24) is 10.2 Å². The molecule has 230 valence electrons. The van der Waals surface area contributed by atoms with Crippen LogP contribution in [0.1, 0.15) is 42.5 Å². The van der Waals surface area contributed by atoms with Crippen LogP contribution in [0.2, 0.25) is 0 Å². The van der Waals surface area contributed by atoms with Crippen LogP contribution in [0.5, 0.6) is 0 Å². The first-order chi connectivity index (χ1) is 21.2. The van der Waals surface area contributed by atoms with Crippen molar-refractivity contribution >= 4 is 27.5 Å². The number of para-hydroxylation sites is 1. The standard InChI is InChI=1S/C36H41N3O4S/c1-4-23-37-36(41)34(25-29-16-8-6-9-17-29)38(26-30-18-14-15-28(3)24-30)35(40)27-39(33-22-13-12-19-31(33)5-2)44(42,43)32-20-10-7-11-21-32/h6-22,24,34H,4-5,23,25-27H2,1-3H3,(H,37,41). The Labute approximate surface area is 261 Å². The molecule has 7 nitrogen and oxygen atoms in total. The van der Waals surface area contributed by atoms with Gasteiger partial charge in [0.2, 0.25) is 11.8 Å². The van der Waals surface area contributed by atoms with Crippen LogP contribution < -0.4 is 9.62 Å². The third-order valence-electron chi connectivity index (χ3n) is 7.51. The van der Waals surface area contributed by atoms with E-state index in [0.717, 1.165) is 28.7 Å². The van der Waals surface area contributed by atoms with E-state index in [0.29, 0.717) is 18.7 Å². The number of hydrogen-bond donors (Lipinski definition) is 1. The van der Waals surface area contributed by atoms with E-state index in [4.69, 9.17) is 0 Å².